The predicted molar refractivity (Wildman–Crippen MR) is 133 cm³/mol. The quantitative estimate of drug-likeness (QED) is 0.640. The van der Waals surface area contributed by atoms with Crippen LogP contribution in [0.5, 0.6) is 0 Å². The summed E-state index contributed by atoms with van der Waals surface area (Å²) in [7, 11) is 0. The van der Waals surface area contributed by atoms with E-state index in [1.165, 1.54) is 4.88 Å². The average Bonchev–Trinajstić information content (AvgIpc) is 3.48. The highest BCUT2D eigenvalue weighted by Gasteiger charge is 2.59. The molecule has 2 N–H and O–H groups in total. The van der Waals surface area contributed by atoms with E-state index in [4.69, 9.17) is 4.98 Å². The fourth-order valence-corrected chi connectivity index (χ4v) is 8.60. The molecular formula is C26H36N2O3S2. The smallest absolute Gasteiger partial charge is 0.223 e. The SMILES string of the molecule is CC1CCN(C(=O)C[C@@H]2c3nc(-c4ccsc4)sc3C[C@@H]3[C@](C)(CO)[C@H](O)CC[C@]32C)CC1. The Morgan fingerprint density at radius 3 is 2.70 bits per heavy atom. The van der Waals surface area contributed by atoms with E-state index in [1.807, 2.05) is 6.92 Å². The van der Waals surface area contributed by atoms with Gasteiger partial charge in [0, 0.05) is 46.7 Å². The molecule has 1 aliphatic heterocycles. The first-order chi connectivity index (χ1) is 15.8. The van der Waals surface area contributed by atoms with E-state index in [0.717, 1.165) is 55.0 Å². The molecule has 5 atom stereocenters. The summed E-state index contributed by atoms with van der Waals surface area (Å²) >= 11 is 3.41. The van der Waals surface area contributed by atoms with Crippen molar-refractivity contribution in [2.24, 2.45) is 22.7 Å². The van der Waals surface area contributed by atoms with Gasteiger partial charge in [0.2, 0.25) is 5.91 Å². The van der Waals surface area contributed by atoms with Gasteiger partial charge in [-0.05, 0) is 60.8 Å². The number of carbonyl (C=O) groups is 1. The molecule has 0 spiro atoms. The van der Waals surface area contributed by atoms with Gasteiger partial charge < -0.3 is 15.1 Å². The minimum absolute atomic E-state index is 0.0140. The molecule has 2 fully saturated rings. The number of aliphatic hydroxyl groups excluding tert-OH is 2. The van der Waals surface area contributed by atoms with E-state index < -0.39 is 11.5 Å². The first-order valence-electron chi connectivity index (χ1n) is 12.3. The van der Waals surface area contributed by atoms with Crippen LogP contribution in [0.1, 0.15) is 69.4 Å². The van der Waals surface area contributed by atoms with Gasteiger partial charge in [-0.3, -0.25) is 4.79 Å². The molecule has 1 amide bonds. The van der Waals surface area contributed by atoms with Crippen LogP contribution in [0.4, 0.5) is 0 Å². The summed E-state index contributed by atoms with van der Waals surface area (Å²) in [5, 5.41) is 26.6. The molecule has 1 saturated heterocycles. The molecule has 2 aromatic heterocycles. The normalized spacial score (nSPS) is 34.7. The number of piperidine rings is 1. The number of hydrogen-bond acceptors (Lipinski definition) is 6. The molecule has 3 aliphatic rings. The number of nitrogens with zero attached hydrogens (tertiary/aromatic N) is 2. The highest BCUT2D eigenvalue weighted by Crippen LogP contribution is 2.63. The number of thiazole rings is 1. The van der Waals surface area contributed by atoms with Crippen molar-refractivity contribution in [3.8, 4) is 10.6 Å². The largest absolute Gasteiger partial charge is 0.396 e. The van der Waals surface area contributed by atoms with E-state index >= 15 is 0 Å². The molecule has 0 radical (unpaired) electrons. The van der Waals surface area contributed by atoms with Gasteiger partial charge in [0.25, 0.3) is 0 Å². The maximum atomic E-state index is 13.5. The molecule has 0 unspecified atom stereocenters. The summed E-state index contributed by atoms with van der Waals surface area (Å²) in [6.07, 6.45) is 4.43. The molecule has 5 nitrogen and oxygen atoms in total. The van der Waals surface area contributed by atoms with Gasteiger partial charge in [-0.15, -0.1) is 11.3 Å². The molecule has 5 rings (SSSR count). The molecule has 180 valence electrons. The van der Waals surface area contributed by atoms with E-state index in [-0.39, 0.29) is 29.8 Å². The van der Waals surface area contributed by atoms with Crippen LogP contribution in [0.2, 0.25) is 0 Å². The third-order valence-electron chi connectivity index (χ3n) is 9.18. The molecule has 1 saturated carbocycles. The standard InChI is InChI=1S/C26H36N2O3S2/c1-16-5-9-28(10-6-16)22(31)12-18-23-19(33-24(27-23)17-7-11-32-14-17)13-20-25(18,2)8-4-21(30)26(20,3)15-29/h7,11,14,16,18,20-21,29-30H,4-6,8-10,12-13,15H2,1-3H3/t18-,20+,21-,25+,26+/m1/s1. The maximum absolute atomic E-state index is 13.5. The van der Waals surface area contributed by atoms with Crippen LogP contribution in [-0.4, -0.2) is 51.8 Å². The molecule has 2 aromatic rings. The van der Waals surface area contributed by atoms with Gasteiger partial charge in [0.1, 0.15) is 5.01 Å². The van der Waals surface area contributed by atoms with Crippen molar-refractivity contribution in [3.05, 3.63) is 27.4 Å². The van der Waals surface area contributed by atoms with Crippen LogP contribution in [-0.2, 0) is 11.2 Å². The second kappa shape index (κ2) is 8.74. The number of likely N-dealkylation sites (tertiary alicyclic amines) is 1. The lowest BCUT2D eigenvalue weighted by molar-refractivity contribution is -0.147. The summed E-state index contributed by atoms with van der Waals surface area (Å²) in [5.74, 6) is 1.05. The van der Waals surface area contributed by atoms with Crippen LogP contribution in [0.3, 0.4) is 0 Å². The summed E-state index contributed by atoms with van der Waals surface area (Å²) < 4.78 is 0. The number of rotatable bonds is 4. The minimum atomic E-state index is -0.570. The lowest BCUT2D eigenvalue weighted by Gasteiger charge is -2.58. The summed E-state index contributed by atoms with van der Waals surface area (Å²) in [5.41, 5.74) is 1.49. The van der Waals surface area contributed by atoms with Crippen molar-refractivity contribution in [1.82, 2.24) is 9.88 Å². The molecule has 3 heterocycles. The lowest BCUT2D eigenvalue weighted by Crippen LogP contribution is -2.57. The van der Waals surface area contributed by atoms with Crippen LogP contribution >= 0.6 is 22.7 Å². The van der Waals surface area contributed by atoms with Crippen molar-refractivity contribution in [1.29, 1.82) is 0 Å². The van der Waals surface area contributed by atoms with Crippen molar-refractivity contribution in [2.45, 2.75) is 71.3 Å². The molecular weight excluding hydrogens is 452 g/mol. The van der Waals surface area contributed by atoms with E-state index in [1.54, 1.807) is 22.7 Å². The molecule has 0 bridgehead atoms. The van der Waals surface area contributed by atoms with Gasteiger partial charge >= 0.3 is 0 Å². The summed E-state index contributed by atoms with van der Waals surface area (Å²) in [4.78, 5) is 22.0. The second-order valence-electron chi connectivity index (χ2n) is 11.1. The first-order valence-corrected chi connectivity index (χ1v) is 14.1. The topological polar surface area (TPSA) is 73.7 Å². The first kappa shape index (κ1) is 23.5. The number of fused-ring (bicyclic) bond motifs is 2. The zero-order chi connectivity index (χ0) is 23.4. The highest BCUT2D eigenvalue weighted by atomic mass is 32.1. The zero-order valence-corrected chi connectivity index (χ0v) is 21.6. The van der Waals surface area contributed by atoms with Gasteiger partial charge in [0.05, 0.1) is 18.4 Å². The Morgan fingerprint density at radius 1 is 1.27 bits per heavy atom. The third kappa shape index (κ3) is 3.89. The van der Waals surface area contributed by atoms with Crippen LogP contribution in [0.15, 0.2) is 16.8 Å². The molecule has 7 heteroatoms. The minimum Gasteiger partial charge on any atom is -0.396 e. The zero-order valence-electron chi connectivity index (χ0n) is 19.9. The number of aromatic nitrogens is 1. The van der Waals surface area contributed by atoms with Gasteiger partial charge in [-0.25, -0.2) is 4.98 Å². The maximum Gasteiger partial charge on any atom is 0.223 e. The monoisotopic (exact) mass is 488 g/mol. The fourth-order valence-electron chi connectivity index (χ4n) is 6.72. The molecule has 2 aliphatic carbocycles. The number of hydrogen-bond donors (Lipinski definition) is 2. The van der Waals surface area contributed by atoms with Gasteiger partial charge in [-0.2, -0.15) is 11.3 Å². The van der Waals surface area contributed by atoms with Crippen LogP contribution in [0, 0.1) is 22.7 Å². The number of thiophene rings is 1. The Morgan fingerprint density at radius 2 is 2.03 bits per heavy atom. The third-order valence-corrected chi connectivity index (χ3v) is 11.0. The van der Waals surface area contributed by atoms with E-state index in [0.29, 0.717) is 18.8 Å². The number of carbonyl (C=O) groups excluding carboxylic acids is 1. The van der Waals surface area contributed by atoms with Crippen LogP contribution < -0.4 is 0 Å². The predicted octanol–water partition coefficient (Wildman–Crippen LogP) is 4.94. The van der Waals surface area contributed by atoms with E-state index in [2.05, 4.69) is 35.6 Å². The fraction of sp³-hybridized carbons (Fsp3) is 0.692. The molecule has 33 heavy (non-hydrogen) atoms. The molecule has 0 aromatic carbocycles. The Kier molecular flexibility index (Phi) is 6.21. The Bertz CT molecular complexity index is 997. The van der Waals surface area contributed by atoms with Crippen molar-refractivity contribution in [3.63, 3.8) is 0 Å². The van der Waals surface area contributed by atoms with E-state index in [9.17, 15) is 15.0 Å². The Labute approximate surface area is 204 Å². The number of aliphatic hydroxyl groups is 2. The van der Waals surface area contributed by atoms with Gasteiger partial charge in [-0.1, -0.05) is 20.8 Å². The number of amides is 1. The van der Waals surface area contributed by atoms with Gasteiger partial charge in [0.15, 0.2) is 0 Å². The highest BCUT2D eigenvalue weighted by molar-refractivity contribution is 7.15. The van der Waals surface area contributed by atoms with Crippen molar-refractivity contribution >= 4 is 28.6 Å². The van der Waals surface area contributed by atoms with Crippen molar-refractivity contribution in [2.75, 3.05) is 19.7 Å². The van der Waals surface area contributed by atoms with Crippen molar-refractivity contribution < 1.29 is 15.0 Å². The van der Waals surface area contributed by atoms with Crippen LogP contribution in [0.25, 0.3) is 10.6 Å². The lowest BCUT2D eigenvalue weighted by atomic mass is 9.47. The summed E-state index contributed by atoms with van der Waals surface area (Å²) in [6.45, 7) is 8.26. The summed E-state index contributed by atoms with van der Waals surface area (Å²) in [6, 6.07) is 2.11. The average molecular weight is 489 g/mol. The Hall–Kier alpha value is -1.28. The Balaban J connectivity index is 1.54. The second-order valence-corrected chi connectivity index (χ2v) is 13.0.